The van der Waals surface area contributed by atoms with Crippen LogP contribution < -0.4 is 38.0 Å². The molecule has 8 aliphatic heterocycles. The number of hydrazone groups is 3. The second-order valence-corrected chi connectivity index (χ2v) is 11.3. The van der Waals surface area contributed by atoms with Crippen molar-refractivity contribution in [3.8, 4) is 0 Å². The van der Waals surface area contributed by atoms with E-state index in [1.54, 1.807) is 12.5 Å². The van der Waals surface area contributed by atoms with Gasteiger partial charge >= 0.3 is 6.29 Å². The molecule has 0 aromatic carbocycles. The van der Waals surface area contributed by atoms with Gasteiger partial charge in [0.2, 0.25) is 5.82 Å². The van der Waals surface area contributed by atoms with Gasteiger partial charge in [0.05, 0.1) is 51.8 Å². The third-order valence-corrected chi connectivity index (χ3v) is 8.61. The highest BCUT2D eigenvalue weighted by molar-refractivity contribution is 5.69. The summed E-state index contributed by atoms with van der Waals surface area (Å²) in [4.78, 5) is 6.83. The summed E-state index contributed by atoms with van der Waals surface area (Å²) in [5, 5.41) is 44.4. The van der Waals surface area contributed by atoms with Gasteiger partial charge in [-0.1, -0.05) is 5.12 Å². The second-order valence-electron chi connectivity index (χ2n) is 11.3. The Balaban J connectivity index is 1.48. The van der Waals surface area contributed by atoms with Gasteiger partial charge in [-0.2, -0.15) is 45.7 Å². The van der Waals surface area contributed by atoms with Crippen LogP contribution in [0.1, 0.15) is 0 Å². The molecule has 0 amide bonds. The summed E-state index contributed by atoms with van der Waals surface area (Å²) in [6.45, 7) is 6.70. The summed E-state index contributed by atoms with van der Waals surface area (Å²) in [7, 11) is 0. The number of hydrogen-bond donors (Lipinski definition) is 7. The Labute approximate surface area is 276 Å². The first-order valence-electron chi connectivity index (χ1n) is 15.9. The number of nitrogens with zero attached hydrogens (tertiary/aromatic N) is 17. The van der Waals surface area contributed by atoms with Gasteiger partial charge < -0.3 is 26.1 Å². The van der Waals surface area contributed by atoms with Crippen LogP contribution in [0, 0.1) is 0 Å². The Morgan fingerprint density at radius 1 is 0.708 bits per heavy atom. The number of hydrogen-bond acceptors (Lipinski definition) is 23. The van der Waals surface area contributed by atoms with Crippen molar-refractivity contribution >= 4 is 31.4 Å². The molecule has 8 rings (SSSR count). The first-order chi connectivity index (χ1) is 23.9. The van der Waals surface area contributed by atoms with Crippen LogP contribution in [0.4, 0.5) is 0 Å². The van der Waals surface area contributed by atoms with Crippen LogP contribution in [0.2, 0.25) is 0 Å². The minimum absolute atomic E-state index is 0.00245. The molecule has 0 saturated carbocycles. The third kappa shape index (κ3) is 5.15. The van der Waals surface area contributed by atoms with Crippen LogP contribution >= 0.6 is 0 Å². The van der Waals surface area contributed by atoms with Gasteiger partial charge in [-0.05, 0) is 0 Å². The first kappa shape index (κ1) is 29.8. The van der Waals surface area contributed by atoms with Crippen molar-refractivity contribution in [1.82, 2.24) is 82.8 Å². The summed E-state index contributed by atoms with van der Waals surface area (Å²) < 4.78 is 0. The Hall–Kier alpha value is -5.59. The predicted octanol–water partition coefficient (Wildman–Crippen LogP) is -4.32. The molecule has 0 aliphatic carbocycles. The molecule has 1 saturated heterocycles. The molecule has 24 heteroatoms. The summed E-state index contributed by atoms with van der Waals surface area (Å²) in [6, 6.07) is 0. The van der Waals surface area contributed by atoms with E-state index in [1.165, 1.54) is 0 Å². The van der Waals surface area contributed by atoms with E-state index in [0.29, 0.717) is 65.9 Å². The summed E-state index contributed by atoms with van der Waals surface area (Å²) >= 11 is 0. The predicted molar refractivity (Wildman–Crippen MR) is 174 cm³/mol. The van der Waals surface area contributed by atoms with Crippen molar-refractivity contribution in [2.24, 2.45) is 35.7 Å². The molecule has 2 unspecified atom stereocenters. The van der Waals surface area contributed by atoms with E-state index < -0.39 is 6.29 Å². The minimum Gasteiger partial charge on any atom is -0.334 e. The molecular formula is C24H41N24+. The van der Waals surface area contributed by atoms with Crippen LogP contribution in [-0.2, 0) is 0 Å². The molecule has 8 heterocycles. The Bertz CT molecular complexity index is 1420. The smallest absolute Gasteiger partial charge is 0.334 e. The van der Waals surface area contributed by atoms with Gasteiger partial charge in [0, 0.05) is 42.7 Å². The maximum Gasteiger partial charge on any atom is 0.339 e. The molecule has 0 spiro atoms. The molecule has 0 radical (unpaired) electrons. The SMILES string of the molecule is C1=CN(C2N(N3C=CNNC3)C(N3CC=NNC3)=C(N3CCNNC3)N(N3C=NNCC3)[N+]2(N2C=NN=CC2)N2C=NNCC2)CN=N1. The number of rotatable bonds is 7. The van der Waals surface area contributed by atoms with E-state index in [0.717, 1.165) is 24.7 Å². The largest absolute Gasteiger partial charge is 0.339 e. The molecule has 0 bridgehead atoms. The average molecular weight is 666 g/mol. The van der Waals surface area contributed by atoms with Gasteiger partial charge in [-0.15, -0.1) is 5.10 Å². The van der Waals surface area contributed by atoms with E-state index in [1.807, 2.05) is 43.7 Å². The fourth-order valence-electron chi connectivity index (χ4n) is 6.64. The molecule has 48 heavy (non-hydrogen) atoms. The highest BCUT2D eigenvalue weighted by Gasteiger charge is 2.68. The highest BCUT2D eigenvalue weighted by atomic mass is 16.3. The van der Waals surface area contributed by atoms with Gasteiger partial charge in [0.1, 0.15) is 32.9 Å². The molecule has 0 aromatic heterocycles. The standard InChI is InChI=1S/C24H41N24/c1-8-39(15-32-25-1)22-23(40-9-2-26-33-16-40)47(43-12-5-29-36-19-43)48(44-13-6-30-37-20-44,45-14-7-31-38-21-45)24(41-10-3-27-34-17-41)46(22)42-11-4-28-35-18-42/h1,3-4,6,10-11,19-21,24,26,28-29,31-33,35H,2,5,7-9,12-18H2/q+1. The van der Waals surface area contributed by atoms with Crippen LogP contribution in [-0.4, -0.2) is 166 Å². The average Bonchev–Trinajstić information content (AvgIpc) is 3.19. The zero-order valence-electron chi connectivity index (χ0n) is 26.4. The summed E-state index contributed by atoms with van der Waals surface area (Å²) in [5.74, 6) is 1.85. The van der Waals surface area contributed by atoms with Crippen molar-refractivity contribution in [3.63, 3.8) is 0 Å². The third-order valence-electron chi connectivity index (χ3n) is 8.61. The molecule has 8 aliphatic rings. The molecular weight excluding hydrogens is 624 g/mol. The summed E-state index contributed by atoms with van der Waals surface area (Å²) in [5.41, 5.74) is 22.7. The van der Waals surface area contributed by atoms with E-state index in [-0.39, 0.29) is 4.81 Å². The minimum atomic E-state index is -0.579. The van der Waals surface area contributed by atoms with Gasteiger partial charge in [0.25, 0.3) is 0 Å². The molecule has 24 nitrogen and oxygen atoms in total. The number of nitrogens with one attached hydrogen (secondary N) is 7. The van der Waals surface area contributed by atoms with Crippen LogP contribution in [0.25, 0.3) is 0 Å². The van der Waals surface area contributed by atoms with E-state index in [2.05, 4.69) is 119 Å². The molecule has 1 fully saturated rings. The topological polar surface area (TPSA) is 200 Å². The Morgan fingerprint density at radius 2 is 1.65 bits per heavy atom. The van der Waals surface area contributed by atoms with Crippen molar-refractivity contribution in [1.29, 1.82) is 0 Å². The van der Waals surface area contributed by atoms with Crippen LogP contribution in [0.15, 0.2) is 72.2 Å². The fraction of sp³-hybridized carbons (Fsp3) is 0.542. The molecule has 0 aromatic rings. The maximum absolute atomic E-state index is 4.62. The number of azo groups is 1. The molecule has 256 valence electrons. The van der Waals surface area contributed by atoms with Gasteiger partial charge in [-0.25, -0.2) is 15.9 Å². The fourth-order valence-corrected chi connectivity index (χ4v) is 6.64. The first-order valence-corrected chi connectivity index (χ1v) is 15.9. The molecule has 7 N–H and O–H groups in total. The normalized spacial score (nSPS) is 28.7. The Kier molecular flexibility index (Phi) is 8.23. The van der Waals surface area contributed by atoms with Crippen molar-refractivity contribution in [2.75, 3.05) is 79.0 Å². The van der Waals surface area contributed by atoms with Crippen molar-refractivity contribution in [3.05, 3.63) is 36.4 Å². The van der Waals surface area contributed by atoms with Crippen LogP contribution in [0.3, 0.4) is 0 Å². The maximum atomic E-state index is 4.62. The summed E-state index contributed by atoms with van der Waals surface area (Å²) in [6.07, 6.45) is 16.3. The lowest BCUT2D eigenvalue weighted by atomic mass is 10.3. The highest BCUT2D eigenvalue weighted by Crippen LogP contribution is 2.44. The lowest BCUT2D eigenvalue weighted by Gasteiger charge is -2.65. The van der Waals surface area contributed by atoms with Crippen molar-refractivity contribution in [2.45, 2.75) is 6.29 Å². The number of hydrazine groups is 4. The quantitative estimate of drug-likeness (QED) is 0.129. The van der Waals surface area contributed by atoms with E-state index >= 15 is 0 Å². The monoisotopic (exact) mass is 665 g/mol. The van der Waals surface area contributed by atoms with E-state index in [9.17, 15) is 0 Å². The molecule has 2 atom stereocenters. The van der Waals surface area contributed by atoms with Crippen LogP contribution in [0.5, 0.6) is 0 Å². The zero-order chi connectivity index (χ0) is 32.2. The van der Waals surface area contributed by atoms with Crippen molar-refractivity contribution < 1.29 is 4.81 Å². The zero-order valence-corrected chi connectivity index (χ0v) is 26.4. The lowest BCUT2D eigenvalue weighted by molar-refractivity contribution is -1.23. The number of quaternary nitrogens is 1. The van der Waals surface area contributed by atoms with Gasteiger partial charge in [0.15, 0.2) is 18.5 Å². The Morgan fingerprint density at radius 3 is 2.33 bits per heavy atom. The van der Waals surface area contributed by atoms with E-state index in [4.69, 9.17) is 0 Å². The lowest BCUT2D eigenvalue weighted by Crippen LogP contribution is -2.90. The second kappa shape index (κ2) is 13.3. The van der Waals surface area contributed by atoms with Gasteiger partial charge in [-0.3, -0.25) is 20.8 Å².